The molecular formula is C28H58N4O. The Labute approximate surface area is 206 Å². The maximum absolute atomic E-state index is 10.1. The molecule has 2 unspecified atom stereocenters. The van der Waals surface area contributed by atoms with E-state index in [0.29, 0.717) is 12.5 Å². The van der Waals surface area contributed by atoms with Crippen LogP contribution in [0.15, 0.2) is 12.2 Å². The highest BCUT2D eigenvalue weighted by Crippen LogP contribution is 2.19. The molecular weight excluding hydrogens is 408 g/mol. The van der Waals surface area contributed by atoms with E-state index >= 15 is 0 Å². The van der Waals surface area contributed by atoms with Crippen molar-refractivity contribution in [2.24, 2.45) is 11.7 Å². The van der Waals surface area contributed by atoms with Gasteiger partial charge in [-0.1, -0.05) is 70.4 Å². The number of nitrogens with zero attached hydrogens (tertiary/aromatic N) is 1. The summed E-state index contributed by atoms with van der Waals surface area (Å²) in [7, 11) is 0. The fraction of sp³-hybridized carbons (Fsp3) is 0.929. The lowest BCUT2D eigenvalue weighted by Crippen LogP contribution is -2.44. The number of allylic oxidation sites excluding steroid dienone is 2. The van der Waals surface area contributed by atoms with Crippen molar-refractivity contribution in [3.8, 4) is 0 Å². The Bertz CT molecular complexity index is 426. The Kier molecular flexibility index (Phi) is 21.6. The van der Waals surface area contributed by atoms with Gasteiger partial charge in [-0.15, -0.1) is 0 Å². The zero-order valence-corrected chi connectivity index (χ0v) is 22.0. The molecule has 0 aromatic rings. The Morgan fingerprint density at radius 2 is 1.55 bits per heavy atom. The summed E-state index contributed by atoms with van der Waals surface area (Å²) in [5, 5.41) is 17.1. The lowest BCUT2D eigenvalue weighted by Gasteiger charge is -2.27. The zero-order valence-electron chi connectivity index (χ0n) is 22.0. The zero-order chi connectivity index (χ0) is 23.8. The molecule has 5 N–H and O–H groups in total. The fourth-order valence-corrected chi connectivity index (χ4v) is 4.80. The van der Waals surface area contributed by atoms with E-state index in [9.17, 15) is 5.11 Å². The first-order valence-electron chi connectivity index (χ1n) is 14.4. The highest BCUT2D eigenvalue weighted by atomic mass is 16.3. The molecule has 5 heteroatoms. The molecule has 1 saturated heterocycles. The van der Waals surface area contributed by atoms with Crippen molar-refractivity contribution in [3.05, 3.63) is 12.2 Å². The summed E-state index contributed by atoms with van der Waals surface area (Å²) in [5.74, 6) is 0.590. The largest absolute Gasteiger partial charge is 0.392 e. The van der Waals surface area contributed by atoms with Crippen molar-refractivity contribution in [2.45, 2.75) is 109 Å². The van der Waals surface area contributed by atoms with E-state index in [1.807, 2.05) is 0 Å². The summed E-state index contributed by atoms with van der Waals surface area (Å²) < 4.78 is 0. The molecule has 0 saturated carbocycles. The number of piperazine rings is 1. The minimum absolute atomic E-state index is 0.340. The number of hydrogen-bond donors (Lipinski definition) is 4. The number of aliphatic hydroxyl groups excluding tert-OH is 1. The Hall–Kier alpha value is -0.460. The van der Waals surface area contributed by atoms with Gasteiger partial charge in [0.05, 0.1) is 6.10 Å². The van der Waals surface area contributed by atoms with Gasteiger partial charge in [0, 0.05) is 32.7 Å². The topological polar surface area (TPSA) is 73.5 Å². The first kappa shape index (κ1) is 30.6. The van der Waals surface area contributed by atoms with Gasteiger partial charge in [-0.25, -0.2) is 0 Å². The van der Waals surface area contributed by atoms with Crippen LogP contribution in [0, 0.1) is 5.92 Å². The van der Waals surface area contributed by atoms with E-state index in [0.717, 1.165) is 39.0 Å². The van der Waals surface area contributed by atoms with Gasteiger partial charge in [0.15, 0.2) is 0 Å². The van der Waals surface area contributed by atoms with Crippen LogP contribution in [0.1, 0.15) is 103 Å². The van der Waals surface area contributed by atoms with Crippen LogP contribution in [0.4, 0.5) is 0 Å². The van der Waals surface area contributed by atoms with Gasteiger partial charge >= 0.3 is 0 Å². The van der Waals surface area contributed by atoms with Crippen LogP contribution in [0.25, 0.3) is 0 Å². The van der Waals surface area contributed by atoms with Crippen LogP contribution in [0.2, 0.25) is 0 Å². The van der Waals surface area contributed by atoms with Crippen LogP contribution in [0.5, 0.6) is 0 Å². The lowest BCUT2D eigenvalue weighted by atomic mass is 9.91. The van der Waals surface area contributed by atoms with Crippen LogP contribution >= 0.6 is 0 Å². The normalized spacial score (nSPS) is 17.1. The Morgan fingerprint density at radius 1 is 0.879 bits per heavy atom. The molecule has 1 fully saturated rings. The molecule has 0 aromatic heterocycles. The van der Waals surface area contributed by atoms with Gasteiger partial charge in [0.1, 0.15) is 0 Å². The van der Waals surface area contributed by atoms with Crippen LogP contribution in [0.3, 0.4) is 0 Å². The molecule has 0 radical (unpaired) electrons. The third-order valence-electron chi connectivity index (χ3n) is 7.02. The summed E-state index contributed by atoms with van der Waals surface area (Å²) in [6.45, 7) is 10.7. The maximum Gasteiger partial charge on any atom is 0.0665 e. The molecule has 1 rings (SSSR count). The van der Waals surface area contributed by atoms with Crippen molar-refractivity contribution in [1.82, 2.24) is 15.5 Å². The maximum atomic E-state index is 10.1. The minimum Gasteiger partial charge on any atom is -0.392 e. The van der Waals surface area contributed by atoms with E-state index < -0.39 is 0 Å². The van der Waals surface area contributed by atoms with Crippen molar-refractivity contribution >= 4 is 0 Å². The number of nitrogens with two attached hydrogens (primary N) is 1. The summed E-state index contributed by atoms with van der Waals surface area (Å²) in [6, 6.07) is 0. The molecule has 0 aromatic carbocycles. The average Bonchev–Trinajstić information content (AvgIpc) is 2.84. The van der Waals surface area contributed by atoms with E-state index in [1.54, 1.807) is 0 Å². The highest BCUT2D eigenvalue weighted by Gasteiger charge is 2.13. The van der Waals surface area contributed by atoms with Gasteiger partial charge in [0.2, 0.25) is 0 Å². The van der Waals surface area contributed by atoms with Crippen molar-refractivity contribution in [3.63, 3.8) is 0 Å². The summed E-state index contributed by atoms with van der Waals surface area (Å²) in [6.07, 6.45) is 23.6. The SMILES string of the molecule is CCCCCCCC/C=C\CCCCCC(CCNCCCN1CCNCC1)CC(O)CN. The third-order valence-corrected chi connectivity index (χ3v) is 7.02. The number of unbranched alkanes of at least 4 members (excludes halogenated alkanes) is 9. The first-order valence-corrected chi connectivity index (χ1v) is 14.4. The molecule has 2 atom stereocenters. The second kappa shape index (κ2) is 23.3. The predicted molar refractivity (Wildman–Crippen MR) is 145 cm³/mol. The quantitative estimate of drug-likeness (QED) is 0.128. The molecule has 1 aliphatic rings. The molecule has 1 aliphatic heterocycles. The molecule has 196 valence electrons. The monoisotopic (exact) mass is 466 g/mol. The predicted octanol–water partition coefficient (Wildman–Crippen LogP) is 4.84. The van der Waals surface area contributed by atoms with Gasteiger partial charge in [-0.3, -0.25) is 0 Å². The minimum atomic E-state index is -0.340. The van der Waals surface area contributed by atoms with Crippen molar-refractivity contribution in [1.29, 1.82) is 0 Å². The number of rotatable bonds is 23. The third kappa shape index (κ3) is 19.5. The van der Waals surface area contributed by atoms with E-state index in [4.69, 9.17) is 5.73 Å². The summed E-state index contributed by atoms with van der Waals surface area (Å²) in [5.41, 5.74) is 5.68. The molecule has 33 heavy (non-hydrogen) atoms. The van der Waals surface area contributed by atoms with Gasteiger partial charge in [0.25, 0.3) is 0 Å². The summed E-state index contributed by atoms with van der Waals surface area (Å²) >= 11 is 0. The molecule has 0 amide bonds. The highest BCUT2D eigenvalue weighted by molar-refractivity contribution is 4.81. The van der Waals surface area contributed by atoms with E-state index in [1.165, 1.54) is 103 Å². The second-order valence-electron chi connectivity index (χ2n) is 10.1. The van der Waals surface area contributed by atoms with Crippen LogP contribution < -0.4 is 16.4 Å². The number of hydrogen-bond acceptors (Lipinski definition) is 5. The molecule has 1 heterocycles. The first-order chi connectivity index (χ1) is 16.3. The smallest absolute Gasteiger partial charge is 0.0665 e. The second-order valence-corrected chi connectivity index (χ2v) is 10.1. The summed E-state index contributed by atoms with van der Waals surface area (Å²) in [4.78, 5) is 2.56. The molecule has 0 bridgehead atoms. The van der Waals surface area contributed by atoms with E-state index in [-0.39, 0.29) is 6.10 Å². The fourth-order valence-electron chi connectivity index (χ4n) is 4.80. The van der Waals surface area contributed by atoms with Crippen molar-refractivity contribution in [2.75, 3.05) is 52.4 Å². The Morgan fingerprint density at radius 3 is 2.24 bits per heavy atom. The lowest BCUT2D eigenvalue weighted by molar-refractivity contribution is 0.143. The number of aliphatic hydroxyl groups is 1. The molecule has 5 nitrogen and oxygen atoms in total. The van der Waals surface area contributed by atoms with Gasteiger partial charge < -0.3 is 26.4 Å². The molecule has 0 spiro atoms. The Balaban J connectivity index is 2.01. The van der Waals surface area contributed by atoms with Gasteiger partial charge in [-0.05, 0) is 70.5 Å². The molecule has 0 aliphatic carbocycles. The van der Waals surface area contributed by atoms with E-state index in [2.05, 4.69) is 34.6 Å². The van der Waals surface area contributed by atoms with Crippen molar-refractivity contribution < 1.29 is 5.11 Å². The van der Waals surface area contributed by atoms with Crippen LogP contribution in [-0.4, -0.2) is 68.5 Å². The van der Waals surface area contributed by atoms with Gasteiger partial charge in [-0.2, -0.15) is 0 Å². The average molecular weight is 467 g/mol. The van der Waals surface area contributed by atoms with Crippen LogP contribution in [-0.2, 0) is 0 Å². The number of nitrogens with one attached hydrogen (secondary N) is 2. The standard InChI is InChI=1S/C28H58N4O/c1-2-3-4-5-6-7-8-9-10-11-12-13-14-16-27(25-28(33)26-29)17-19-30-18-15-22-32-23-20-31-21-24-32/h9-10,27-28,30-31,33H,2-8,11-26,29H2,1H3/b10-9-.